The molecular weight excluding hydrogens is 244 g/mol. The lowest BCUT2D eigenvalue weighted by atomic mass is 10.0. The number of aryl methyl sites for hydroxylation is 1. The number of methoxy groups -OCH3 is 1. The van der Waals surface area contributed by atoms with Gasteiger partial charge in [0, 0.05) is 19.6 Å². The fourth-order valence-corrected chi connectivity index (χ4v) is 2.62. The van der Waals surface area contributed by atoms with E-state index >= 15 is 0 Å². The minimum Gasteiger partial charge on any atom is -0.493 e. The van der Waals surface area contributed by atoms with Gasteiger partial charge in [-0.15, -0.1) is 0 Å². The molecule has 0 saturated carbocycles. The van der Waals surface area contributed by atoms with Crippen molar-refractivity contribution in [3.63, 3.8) is 0 Å². The van der Waals surface area contributed by atoms with Gasteiger partial charge in [0.1, 0.15) is 11.8 Å². The van der Waals surface area contributed by atoms with Gasteiger partial charge >= 0.3 is 0 Å². The molecule has 0 bridgehead atoms. The summed E-state index contributed by atoms with van der Waals surface area (Å²) in [6.45, 7) is 3.69. The lowest BCUT2D eigenvalue weighted by Crippen LogP contribution is -2.23. The first-order valence-corrected chi connectivity index (χ1v) is 7.15. The average Bonchev–Trinajstić information content (AvgIpc) is 2.83. The molecule has 1 N–H and O–H groups in total. The Kier molecular flexibility index (Phi) is 5.22. The van der Waals surface area contributed by atoms with Crippen molar-refractivity contribution in [2.45, 2.75) is 57.8 Å². The van der Waals surface area contributed by atoms with E-state index in [2.05, 4.69) is 12.0 Å². The summed E-state index contributed by atoms with van der Waals surface area (Å²) in [5.41, 5.74) is 0.776. The molecule has 1 saturated heterocycles. The second kappa shape index (κ2) is 6.91. The number of ether oxygens (including phenoxy) is 2. The minimum atomic E-state index is -0.577. The van der Waals surface area contributed by atoms with Crippen LogP contribution in [-0.4, -0.2) is 34.7 Å². The monoisotopic (exact) mass is 268 g/mol. The first-order chi connectivity index (χ1) is 9.26. The average molecular weight is 268 g/mol. The van der Waals surface area contributed by atoms with Gasteiger partial charge in [-0.3, -0.25) is 4.68 Å². The van der Waals surface area contributed by atoms with Crippen LogP contribution < -0.4 is 4.74 Å². The summed E-state index contributed by atoms with van der Waals surface area (Å²) in [7, 11) is 1.61. The van der Waals surface area contributed by atoms with Crippen molar-refractivity contribution in [1.29, 1.82) is 0 Å². The summed E-state index contributed by atoms with van der Waals surface area (Å²) in [4.78, 5) is 0. The maximum absolute atomic E-state index is 10.5. The smallest absolute Gasteiger partial charge is 0.162 e. The van der Waals surface area contributed by atoms with Gasteiger partial charge in [0.15, 0.2) is 5.75 Å². The lowest BCUT2D eigenvalue weighted by Gasteiger charge is -2.25. The fraction of sp³-hybridized carbons (Fsp3) is 0.786. The number of aliphatic hydroxyl groups excluding tert-OH is 1. The molecule has 1 aliphatic rings. The molecule has 5 heteroatoms. The van der Waals surface area contributed by atoms with Crippen LogP contribution in [0.25, 0.3) is 0 Å². The summed E-state index contributed by atoms with van der Waals surface area (Å²) < 4.78 is 12.8. The molecule has 5 nitrogen and oxygen atoms in total. The maximum atomic E-state index is 10.5. The highest BCUT2D eigenvalue weighted by Gasteiger charge is 2.24. The summed E-state index contributed by atoms with van der Waals surface area (Å²) >= 11 is 0. The number of hydrogen-bond acceptors (Lipinski definition) is 4. The molecule has 2 heterocycles. The molecule has 1 aromatic rings. The van der Waals surface area contributed by atoms with E-state index in [4.69, 9.17) is 9.47 Å². The van der Waals surface area contributed by atoms with Crippen LogP contribution in [0.2, 0.25) is 0 Å². The van der Waals surface area contributed by atoms with Crippen molar-refractivity contribution in [3.8, 4) is 5.75 Å². The molecule has 2 atom stereocenters. The number of rotatable bonds is 6. The van der Waals surface area contributed by atoms with Gasteiger partial charge < -0.3 is 14.6 Å². The normalized spacial score (nSPS) is 21.3. The van der Waals surface area contributed by atoms with E-state index in [0.717, 1.165) is 38.1 Å². The zero-order valence-electron chi connectivity index (χ0n) is 11.8. The lowest BCUT2D eigenvalue weighted by molar-refractivity contribution is -0.0174. The van der Waals surface area contributed by atoms with Crippen molar-refractivity contribution in [3.05, 3.63) is 11.9 Å². The molecule has 19 heavy (non-hydrogen) atoms. The van der Waals surface area contributed by atoms with Gasteiger partial charge in [-0.05, 0) is 25.7 Å². The summed E-state index contributed by atoms with van der Waals surface area (Å²) in [5, 5.41) is 14.7. The van der Waals surface area contributed by atoms with Crippen molar-refractivity contribution in [1.82, 2.24) is 9.78 Å². The van der Waals surface area contributed by atoms with Gasteiger partial charge in [-0.2, -0.15) is 5.10 Å². The van der Waals surface area contributed by atoms with Crippen molar-refractivity contribution in [2.24, 2.45) is 0 Å². The summed E-state index contributed by atoms with van der Waals surface area (Å²) in [6.07, 6.45) is 6.19. The Balaban J connectivity index is 2.07. The van der Waals surface area contributed by atoms with Crippen LogP contribution in [0, 0.1) is 0 Å². The van der Waals surface area contributed by atoms with Crippen LogP contribution in [0.5, 0.6) is 5.75 Å². The van der Waals surface area contributed by atoms with Crippen LogP contribution in [0.15, 0.2) is 6.20 Å². The second-order valence-corrected chi connectivity index (χ2v) is 5.06. The molecule has 2 rings (SSSR count). The Labute approximate surface area is 114 Å². The highest BCUT2D eigenvalue weighted by atomic mass is 16.5. The van der Waals surface area contributed by atoms with Crippen LogP contribution in [0.1, 0.15) is 50.8 Å². The highest BCUT2D eigenvalue weighted by Crippen LogP contribution is 2.30. The molecule has 1 fully saturated rings. The molecular formula is C14H24N2O3. The third-order valence-corrected chi connectivity index (χ3v) is 3.58. The predicted octanol–water partition coefficient (Wildman–Crippen LogP) is 2.29. The molecule has 0 aromatic carbocycles. The van der Waals surface area contributed by atoms with E-state index in [9.17, 15) is 5.11 Å². The zero-order valence-corrected chi connectivity index (χ0v) is 11.8. The topological polar surface area (TPSA) is 56.5 Å². The van der Waals surface area contributed by atoms with Crippen LogP contribution in [0.4, 0.5) is 0 Å². The van der Waals surface area contributed by atoms with E-state index in [-0.39, 0.29) is 6.10 Å². The molecule has 2 unspecified atom stereocenters. The molecule has 108 valence electrons. The quantitative estimate of drug-likeness (QED) is 0.860. The largest absolute Gasteiger partial charge is 0.493 e. The Morgan fingerprint density at radius 2 is 2.42 bits per heavy atom. The number of hydrogen-bond donors (Lipinski definition) is 1. The van der Waals surface area contributed by atoms with E-state index < -0.39 is 6.10 Å². The van der Waals surface area contributed by atoms with Gasteiger partial charge in [0.2, 0.25) is 0 Å². The third kappa shape index (κ3) is 3.48. The molecule has 0 aliphatic carbocycles. The number of aliphatic hydroxyl groups is 1. The summed E-state index contributed by atoms with van der Waals surface area (Å²) in [5.74, 6) is 0.664. The Hall–Kier alpha value is -1.07. The molecule has 1 aliphatic heterocycles. The minimum absolute atomic E-state index is 0.151. The third-order valence-electron chi connectivity index (χ3n) is 3.58. The van der Waals surface area contributed by atoms with E-state index in [1.165, 1.54) is 6.42 Å². The molecule has 0 radical (unpaired) electrons. The Morgan fingerprint density at radius 1 is 1.58 bits per heavy atom. The van der Waals surface area contributed by atoms with Crippen molar-refractivity contribution >= 4 is 0 Å². The predicted molar refractivity (Wildman–Crippen MR) is 72.2 cm³/mol. The Morgan fingerprint density at radius 3 is 3.05 bits per heavy atom. The standard InChI is InChI=1S/C14H24N2O3/c1-3-7-16-14(13(18-2)10-15-16)12(17)9-11-6-4-5-8-19-11/h10-12,17H,3-9H2,1-2H3. The second-order valence-electron chi connectivity index (χ2n) is 5.06. The number of nitrogens with zero attached hydrogens (tertiary/aromatic N) is 2. The van der Waals surface area contributed by atoms with Gasteiger partial charge in [0.25, 0.3) is 0 Å². The SMILES string of the molecule is CCCn1ncc(OC)c1C(O)CC1CCCCO1. The zero-order chi connectivity index (χ0) is 13.7. The van der Waals surface area contributed by atoms with Crippen LogP contribution in [0.3, 0.4) is 0 Å². The van der Waals surface area contributed by atoms with E-state index in [0.29, 0.717) is 12.2 Å². The van der Waals surface area contributed by atoms with Crippen molar-refractivity contribution < 1.29 is 14.6 Å². The van der Waals surface area contributed by atoms with Crippen molar-refractivity contribution in [2.75, 3.05) is 13.7 Å². The van der Waals surface area contributed by atoms with Gasteiger partial charge in [0.05, 0.1) is 19.4 Å². The first-order valence-electron chi connectivity index (χ1n) is 7.15. The molecule has 0 spiro atoms. The molecule has 1 aromatic heterocycles. The van der Waals surface area contributed by atoms with Gasteiger partial charge in [-0.1, -0.05) is 6.92 Å². The van der Waals surface area contributed by atoms with E-state index in [1.807, 2.05) is 4.68 Å². The summed E-state index contributed by atoms with van der Waals surface area (Å²) in [6, 6.07) is 0. The Bertz CT molecular complexity index is 386. The van der Waals surface area contributed by atoms with Crippen LogP contribution >= 0.6 is 0 Å². The van der Waals surface area contributed by atoms with Crippen LogP contribution in [-0.2, 0) is 11.3 Å². The molecule has 0 amide bonds. The first kappa shape index (κ1) is 14.3. The fourth-order valence-electron chi connectivity index (χ4n) is 2.62. The number of aromatic nitrogens is 2. The van der Waals surface area contributed by atoms with E-state index in [1.54, 1.807) is 13.3 Å². The maximum Gasteiger partial charge on any atom is 0.162 e. The van der Waals surface area contributed by atoms with Gasteiger partial charge in [-0.25, -0.2) is 0 Å². The highest BCUT2D eigenvalue weighted by molar-refractivity contribution is 5.27.